The van der Waals surface area contributed by atoms with Crippen LogP contribution >= 0.6 is 11.6 Å². The standard InChI is InChI=1S/C19H18ClFN2O2/c1-12(13-3-2-4-15(21)10-13)9-16(22)19(24)23-7-8-25-18-6-5-14(20)11-17(18)23/h2-6,10-12,22H,7-9H2,1H3. The summed E-state index contributed by atoms with van der Waals surface area (Å²) >= 11 is 6.02. The van der Waals surface area contributed by atoms with Crippen LogP contribution in [0.1, 0.15) is 24.8 Å². The van der Waals surface area contributed by atoms with Crippen molar-refractivity contribution in [3.63, 3.8) is 0 Å². The summed E-state index contributed by atoms with van der Waals surface area (Å²) in [4.78, 5) is 14.3. The average Bonchev–Trinajstić information content (AvgIpc) is 2.60. The second-order valence-electron chi connectivity index (χ2n) is 6.06. The van der Waals surface area contributed by atoms with E-state index in [-0.39, 0.29) is 29.8 Å². The van der Waals surface area contributed by atoms with Gasteiger partial charge in [0.05, 0.1) is 17.9 Å². The maximum Gasteiger partial charge on any atom is 0.272 e. The lowest BCUT2D eigenvalue weighted by atomic mass is 9.94. The Morgan fingerprint density at radius 1 is 1.36 bits per heavy atom. The van der Waals surface area contributed by atoms with Crippen molar-refractivity contribution in [3.8, 4) is 5.75 Å². The van der Waals surface area contributed by atoms with Crippen LogP contribution in [0.25, 0.3) is 0 Å². The summed E-state index contributed by atoms with van der Waals surface area (Å²) in [6.07, 6.45) is 0.232. The van der Waals surface area contributed by atoms with Crippen molar-refractivity contribution in [2.75, 3.05) is 18.1 Å². The summed E-state index contributed by atoms with van der Waals surface area (Å²) < 4.78 is 18.9. The first-order chi connectivity index (χ1) is 12.0. The maximum absolute atomic E-state index is 13.4. The van der Waals surface area contributed by atoms with Crippen LogP contribution in [-0.4, -0.2) is 24.8 Å². The third-order valence-electron chi connectivity index (χ3n) is 4.22. The molecule has 1 amide bonds. The number of fused-ring (bicyclic) bond motifs is 1. The molecule has 0 aliphatic carbocycles. The number of nitrogens with zero attached hydrogens (tertiary/aromatic N) is 1. The lowest BCUT2D eigenvalue weighted by molar-refractivity contribution is -0.113. The summed E-state index contributed by atoms with van der Waals surface area (Å²) in [7, 11) is 0. The van der Waals surface area contributed by atoms with Gasteiger partial charge in [-0.1, -0.05) is 30.7 Å². The summed E-state index contributed by atoms with van der Waals surface area (Å²) in [6, 6.07) is 11.3. The van der Waals surface area contributed by atoms with Gasteiger partial charge in [0, 0.05) is 11.4 Å². The van der Waals surface area contributed by atoms with E-state index in [1.165, 1.54) is 17.0 Å². The van der Waals surface area contributed by atoms with Crippen molar-refractivity contribution >= 4 is 28.9 Å². The van der Waals surface area contributed by atoms with E-state index >= 15 is 0 Å². The Kier molecular flexibility index (Phi) is 5.04. The van der Waals surface area contributed by atoms with Crippen molar-refractivity contribution in [1.29, 1.82) is 5.41 Å². The second-order valence-corrected chi connectivity index (χ2v) is 6.49. The maximum atomic E-state index is 13.4. The van der Waals surface area contributed by atoms with Crippen LogP contribution in [0.2, 0.25) is 5.02 Å². The molecule has 130 valence electrons. The van der Waals surface area contributed by atoms with Gasteiger partial charge in [0.25, 0.3) is 5.91 Å². The fourth-order valence-corrected chi connectivity index (χ4v) is 3.06. The minimum absolute atomic E-state index is 0.0235. The highest BCUT2D eigenvalue weighted by atomic mass is 35.5. The quantitative estimate of drug-likeness (QED) is 0.820. The molecule has 1 aliphatic rings. The number of rotatable bonds is 4. The summed E-state index contributed by atoms with van der Waals surface area (Å²) in [5.74, 6) is -0.254. The minimum atomic E-state index is -0.380. The molecule has 1 unspecified atom stereocenters. The third kappa shape index (κ3) is 3.82. The monoisotopic (exact) mass is 360 g/mol. The first-order valence-electron chi connectivity index (χ1n) is 8.03. The zero-order valence-corrected chi connectivity index (χ0v) is 14.5. The normalized spacial score (nSPS) is 14.4. The lowest BCUT2D eigenvalue weighted by Crippen LogP contribution is -2.42. The van der Waals surface area contributed by atoms with Gasteiger partial charge in [0.2, 0.25) is 0 Å². The lowest BCUT2D eigenvalue weighted by Gasteiger charge is -2.30. The average molecular weight is 361 g/mol. The molecule has 0 bridgehead atoms. The van der Waals surface area contributed by atoms with Crippen LogP contribution in [-0.2, 0) is 4.79 Å². The van der Waals surface area contributed by atoms with Gasteiger partial charge < -0.3 is 9.64 Å². The molecular formula is C19H18ClFN2O2. The van der Waals surface area contributed by atoms with E-state index in [0.29, 0.717) is 29.6 Å². The molecule has 6 heteroatoms. The fraction of sp³-hybridized carbons (Fsp3) is 0.263. The Hall–Kier alpha value is -2.40. The summed E-state index contributed by atoms with van der Waals surface area (Å²) in [5, 5.41) is 8.70. The van der Waals surface area contributed by atoms with Gasteiger partial charge in [0.1, 0.15) is 18.2 Å². The van der Waals surface area contributed by atoms with Crippen LogP contribution < -0.4 is 9.64 Å². The zero-order chi connectivity index (χ0) is 18.0. The molecule has 0 spiro atoms. The first-order valence-corrected chi connectivity index (χ1v) is 8.40. The molecular weight excluding hydrogens is 343 g/mol. The number of hydrogen-bond donors (Lipinski definition) is 1. The molecule has 2 aromatic rings. The Morgan fingerprint density at radius 2 is 2.16 bits per heavy atom. The van der Waals surface area contributed by atoms with Crippen LogP contribution in [0.3, 0.4) is 0 Å². The van der Waals surface area contributed by atoms with Crippen molar-refractivity contribution < 1.29 is 13.9 Å². The predicted octanol–water partition coefficient (Wildman–Crippen LogP) is 4.42. The third-order valence-corrected chi connectivity index (χ3v) is 4.45. The van der Waals surface area contributed by atoms with E-state index < -0.39 is 0 Å². The number of hydrogen-bond acceptors (Lipinski definition) is 3. The molecule has 1 heterocycles. The molecule has 1 N–H and O–H groups in total. The van der Waals surface area contributed by atoms with E-state index in [1.807, 2.05) is 6.92 Å². The number of carbonyl (C=O) groups excluding carboxylic acids is 1. The van der Waals surface area contributed by atoms with Gasteiger partial charge in [-0.25, -0.2) is 4.39 Å². The van der Waals surface area contributed by atoms with Gasteiger partial charge >= 0.3 is 0 Å². The molecule has 0 saturated carbocycles. The van der Waals surface area contributed by atoms with E-state index in [4.69, 9.17) is 21.7 Å². The molecule has 0 saturated heterocycles. The molecule has 0 fully saturated rings. The number of nitrogens with one attached hydrogen (secondary N) is 1. The van der Waals surface area contributed by atoms with Gasteiger partial charge in [0.15, 0.2) is 0 Å². The number of ether oxygens (including phenoxy) is 1. The van der Waals surface area contributed by atoms with E-state index in [2.05, 4.69) is 0 Å². The van der Waals surface area contributed by atoms with E-state index in [0.717, 1.165) is 5.56 Å². The SMILES string of the molecule is CC(CC(=N)C(=O)N1CCOc2ccc(Cl)cc21)c1cccc(F)c1. The van der Waals surface area contributed by atoms with Crippen molar-refractivity contribution in [2.45, 2.75) is 19.3 Å². The molecule has 1 atom stereocenters. The van der Waals surface area contributed by atoms with Crippen molar-refractivity contribution in [1.82, 2.24) is 0 Å². The highest BCUT2D eigenvalue weighted by Crippen LogP contribution is 2.34. The molecule has 2 aromatic carbocycles. The number of amides is 1. The van der Waals surface area contributed by atoms with Gasteiger partial charge in [-0.15, -0.1) is 0 Å². The zero-order valence-electron chi connectivity index (χ0n) is 13.8. The molecule has 0 radical (unpaired) electrons. The molecule has 0 aromatic heterocycles. The molecule has 25 heavy (non-hydrogen) atoms. The Labute approximate surface area is 150 Å². The Morgan fingerprint density at radius 3 is 2.92 bits per heavy atom. The second kappa shape index (κ2) is 7.23. The topological polar surface area (TPSA) is 53.4 Å². The minimum Gasteiger partial charge on any atom is -0.490 e. The van der Waals surface area contributed by atoms with Crippen LogP contribution in [0.4, 0.5) is 10.1 Å². The van der Waals surface area contributed by atoms with Crippen molar-refractivity contribution in [2.24, 2.45) is 0 Å². The van der Waals surface area contributed by atoms with Crippen molar-refractivity contribution in [3.05, 3.63) is 58.9 Å². The number of carbonyl (C=O) groups is 1. The highest BCUT2D eigenvalue weighted by Gasteiger charge is 2.27. The molecule has 1 aliphatic heterocycles. The first kappa shape index (κ1) is 17.4. The van der Waals surface area contributed by atoms with Gasteiger partial charge in [-0.2, -0.15) is 0 Å². The summed E-state index contributed by atoms with van der Waals surface area (Å²) in [6.45, 7) is 2.61. The summed E-state index contributed by atoms with van der Waals surface area (Å²) in [5.41, 5.74) is 1.32. The van der Waals surface area contributed by atoms with Gasteiger partial charge in [-0.3, -0.25) is 10.2 Å². The number of anilines is 1. The fourth-order valence-electron chi connectivity index (χ4n) is 2.89. The highest BCUT2D eigenvalue weighted by molar-refractivity contribution is 6.43. The van der Waals surface area contributed by atoms with Crippen LogP contribution in [0, 0.1) is 11.2 Å². The van der Waals surface area contributed by atoms with Gasteiger partial charge in [-0.05, 0) is 41.8 Å². The predicted molar refractivity (Wildman–Crippen MR) is 96.5 cm³/mol. The molecule has 4 nitrogen and oxygen atoms in total. The Balaban J connectivity index is 1.75. The number of halogens is 2. The van der Waals surface area contributed by atoms with Crippen LogP contribution in [0.5, 0.6) is 5.75 Å². The van der Waals surface area contributed by atoms with E-state index in [1.54, 1.807) is 30.3 Å². The number of benzene rings is 2. The van der Waals surface area contributed by atoms with Crippen LogP contribution in [0.15, 0.2) is 42.5 Å². The van der Waals surface area contributed by atoms with E-state index in [9.17, 15) is 9.18 Å². The molecule has 3 rings (SSSR count). The Bertz CT molecular complexity index is 825. The smallest absolute Gasteiger partial charge is 0.272 e. The largest absolute Gasteiger partial charge is 0.490 e.